The maximum atomic E-state index is 5.85. The van der Waals surface area contributed by atoms with Gasteiger partial charge in [0.15, 0.2) is 0 Å². The predicted octanol–water partition coefficient (Wildman–Crippen LogP) is 0.336. The largest absolute Gasteiger partial charge is 0.382 e. The van der Waals surface area contributed by atoms with Crippen molar-refractivity contribution in [2.24, 2.45) is 0 Å². The highest BCUT2D eigenvalue weighted by molar-refractivity contribution is 6.11. The van der Waals surface area contributed by atoms with E-state index in [-0.39, 0.29) is 17.8 Å². The molecule has 3 atom stereocenters. The van der Waals surface area contributed by atoms with Crippen molar-refractivity contribution in [2.45, 2.75) is 37.7 Å². The van der Waals surface area contributed by atoms with Gasteiger partial charge in [-0.15, -0.1) is 0 Å². The highest BCUT2D eigenvalue weighted by Gasteiger charge is 2.38. The molecule has 0 N–H and O–H groups in total. The summed E-state index contributed by atoms with van der Waals surface area (Å²) in [4.78, 5) is 0. The van der Waals surface area contributed by atoms with Gasteiger partial charge in [-0.3, -0.25) is 0 Å². The summed E-state index contributed by atoms with van der Waals surface area (Å²) in [6.45, 7) is 4.89. The van der Waals surface area contributed by atoms with Gasteiger partial charge >= 0.3 is 0 Å². The molecule has 1 fully saturated rings. The molecule has 1 saturated heterocycles. The van der Waals surface area contributed by atoms with Gasteiger partial charge in [0.2, 0.25) is 0 Å². The maximum absolute atomic E-state index is 5.85. The van der Waals surface area contributed by atoms with Gasteiger partial charge in [-0.1, -0.05) is 0 Å². The van der Waals surface area contributed by atoms with Crippen LogP contribution in [0.2, 0.25) is 0 Å². The van der Waals surface area contributed by atoms with Crippen LogP contribution in [-0.4, -0.2) is 59.1 Å². The van der Waals surface area contributed by atoms with Crippen LogP contribution in [0, 0.1) is 0 Å². The van der Waals surface area contributed by atoms with Gasteiger partial charge in [-0.25, -0.2) is 0 Å². The third-order valence-corrected chi connectivity index (χ3v) is 2.39. The summed E-state index contributed by atoms with van der Waals surface area (Å²) in [5, 5.41) is 0. The lowest BCUT2D eigenvalue weighted by Gasteiger charge is -2.31. The van der Waals surface area contributed by atoms with Gasteiger partial charge in [0.05, 0.1) is 18.8 Å². The van der Waals surface area contributed by atoms with E-state index in [1.54, 1.807) is 14.2 Å². The van der Waals surface area contributed by atoms with Crippen molar-refractivity contribution in [3.63, 3.8) is 0 Å². The van der Waals surface area contributed by atoms with Gasteiger partial charge in [-0.2, -0.15) is 0 Å². The molecule has 0 aromatic rings. The molecule has 2 unspecified atom stereocenters. The Balaban J connectivity index is 2.54. The lowest BCUT2D eigenvalue weighted by molar-refractivity contribution is -0.137. The quantitative estimate of drug-likeness (QED) is 0.618. The second-order valence-electron chi connectivity index (χ2n) is 4.35. The Hall–Kier alpha value is -0.0951. The average Bonchev–Trinajstić information content (AvgIpc) is 2.47. The van der Waals surface area contributed by atoms with Gasteiger partial charge in [0, 0.05) is 20.2 Å². The van der Waals surface area contributed by atoms with Crippen LogP contribution < -0.4 is 0 Å². The maximum Gasteiger partial charge on any atom is 0.112 e. The van der Waals surface area contributed by atoms with Crippen molar-refractivity contribution in [1.29, 1.82) is 0 Å². The molecule has 5 heteroatoms. The molecule has 4 nitrogen and oxygen atoms in total. The highest BCUT2D eigenvalue weighted by atomic mass is 16.6. The van der Waals surface area contributed by atoms with E-state index < -0.39 is 6.00 Å². The second kappa shape index (κ2) is 5.30. The molecule has 0 aromatic carbocycles. The van der Waals surface area contributed by atoms with Crippen LogP contribution in [0.25, 0.3) is 0 Å². The summed E-state index contributed by atoms with van der Waals surface area (Å²) in [6, 6.07) is -0.425. The van der Waals surface area contributed by atoms with Crippen LogP contribution in [0.4, 0.5) is 0 Å². The molecule has 86 valence electrons. The molecule has 2 radical (unpaired) electrons. The van der Waals surface area contributed by atoms with E-state index in [1.165, 1.54) is 0 Å². The van der Waals surface area contributed by atoms with E-state index in [2.05, 4.69) is 0 Å². The lowest BCUT2D eigenvalue weighted by Crippen LogP contribution is -2.43. The molecule has 0 aromatic heterocycles. The smallest absolute Gasteiger partial charge is 0.112 e. The van der Waals surface area contributed by atoms with E-state index in [1.807, 2.05) is 13.8 Å². The molecule has 0 bridgehead atoms. The normalized spacial score (nSPS) is 32.1. The van der Waals surface area contributed by atoms with Crippen molar-refractivity contribution in [1.82, 2.24) is 0 Å². The van der Waals surface area contributed by atoms with Gasteiger partial charge in [0.25, 0.3) is 0 Å². The van der Waals surface area contributed by atoms with E-state index >= 15 is 0 Å². The number of hydrogen-bond donors (Lipinski definition) is 0. The molecule has 0 spiro atoms. The van der Waals surface area contributed by atoms with Crippen LogP contribution in [0.3, 0.4) is 0 Å². The summed E-state index contributed by atoms with van der Waals surface area (Å²) in [5.41, 5.74) is -0.387. The van der Waals surface area contributed by atoms with Crippen molar-refractivity contribution >= 4 is 7.85 Å². The Bertz CT molecular complexity index is 198. The zero-order valence-electron chi connectivity index (χ0n) is 9.86. The zero-order chi connectivity index (χ0) is 11.5. The van der Waals surface area contributed by atoms with Crippen molar-refractivity contribution < 1.29 is 18.9 Å². The average molecular weight is 214 g/mol. The van der Waals surface area contributed by atoms with Gasteiger partial charge in [-0.05, 0) is 13.8 Å². The molecule has 0 saturated carbocycles. The Morgan fingerprint density at radius 1 is 1.40 bits per heavy atom. The third kappa shape index (κ3) is 3.45. The highest BCUT2D eigenvalue weighted by Crippen LogP contribution is 2.23. The first-order chi connectivity index (χ1) is 7.00. The number of hydrogen-bond acceptors (Lipinski definition) is 4. The van der Waals surface area contributed by atoms with E-state index in [0.717, 1.165) is 0 Å². The monoisotopic (exact) mass is 214 g/mol. The van der Waals surface area contributed by atoms with Crippen molar-refractivity contribution in [3.05, 3.63) is 0 Å². The predicted molar refractivity (Wildman–Crippen MR) is 57.1 cm³/mol. The van der Waals surface area contributed by atoms with Gasteiger partial charge < -0.3 is 18.9 Å². The minimum atomic E-state index is -0.425. The standard InChI is InChI=1S/C10H19BO4/c1-10(2,6-12-3)15-8-7(13-4)5-14-9(8)11/h7-9H,5-6H2,1-4H3/t7?,8?,9-/m1/s1. The molecule has 0 amide bonds. The molecule has 1 aliphatic rings. The Labute approximate surface area is 92.6 Å². The van der Waals surface area contributed by atoms with E-state index in [4.69, 9.17) is 26.8 Å². The summed E-state index contributed by atoms with van der Waals surface area (Å²) < 4.78 is 21.5. The first-order valence-corrected chi connectivity index (χ1v) is 5.07. The van der Waals surface area contributed by atoms with Gasteiger partial charge in [0.1, 0.15) is 20.1 Å². The summed E-state index contributed by atoms with van der Waals surface area (Å²) in [5.74, 6) is 0. The fraction of sp³-hybridized carbons (Fsp3) is 1.00. The van der Waals surface area contributed by atoms with Crippen LogP contribution in [0.5, 0.6) is 0 Å². The molecule has 15 heavy (non-hydrogen) atoms. The second-order valence-corrected chi connectivity index (χ2v) is 4.35. The first kappa shape index (κ1) is 13.0. The Kier molecular flexibility index (Phi) is 4.58. The number of ether oxygens (including phenoxy) is 4. The SMILES string of the molecule is [B][C@@H]1OCC(OC)C1OC(C)(C)COC. The summed E-state index contributed by atoms with van der Waals surface area (Å²) in [6.07, 6.45) is -0.337. The zero-order valence-corrected chi connectivity index (χ0v) is 9.86. The summed E-state index contributed by atoms with van der Waals surface area (Å²) in [7, 11) is 9.05. The molecule has 1 rings (SSSR count). The van der Waals surface area contributed by atoms with E-state index in [0.29, 0.717) is 13.2 Å². The minimum Gasteiger partial charge on any atom is -0.382 e. The summed E-state index contributed by atoms with van der Waals surface area (Å²) >= 11 is 0. The molecular formula is C10H19BO4. The molecule has 1 heterocycles. The van der Waals surface area contributed by atoms with Crippen molar-refractivity contribution in [3.8, 4) is 0 Å². The topological polar surface area (TPSA) is 36.9 Å². The Morgan fingerprint density at radius 3 is 2.60 bits per heavy atom. The number of rotatable bonds is 5. The van der Waals surface area contributed by atoms with Crippen LogP contribution in [0.1, 0.15) is 13.8 Å². The fourth-order valence-electron chi connectivity index (χ4n) is 1.70. The first-order valence-electron chi connectivity index (χ1n) is 5.07. The molecule has 1 aliphatic heterocycles. The van der Waals surface area contributed by atoms with Crippen LogP contribution in [0.15, 0.2) is 0 Å². The van der Waals surface area contributed by atoms with Crippen LogP contribution >= 0.6 is 0 Å². The van der Waals surface area contributed by atoms with E-state index in [9.17, 15) is 0 Å². The number of methoxy groups -OCH3 is 2. The minimum absolute atomic E-state index is 0.101. The van der Waals surface area contributed by atoms with Crippen molar-refractivity contribution in [2.75, 3.05) is 27.4 Å². The fourth-order valence-corrected chi connectivity index (χ4v) is 1.70. The lowest BCUT2D eigenvalue weighted by atomic mass is 9.93. The molecule has 0 aliphatic carbocycles. The molecular weight excluding hydrogens is 195 g/mol. The Morgan fingerprint density at radius 2 is 2.07 bits per heavy atom. The third-order valence-electron chi connectivity index (χ3n) is 2.39. The van der Waals surface area contributed by atoms with Crippen LogP contribution in [-0.2, 0) is 18.9 Å².